The zero-order chi connectivity index (χ0) is 14.7. The molecule has 1 saturated heterocycles. The fourth-order valence-electron chi connectivity index (χ4n) is 2.63. The zero-order valence-corrected chi connectivity index (χ0v) is 11.1. The zero-order valence-electron chi connectivity index (χ0n) is 11.1. The number of aldehydes is 1. The van der Waals surface area contributed by atoms with Crippen molar-refractivity contribution in [3.8, 4) is 0 Å². The van der Waals surface area contributed by atoms with E-state index in [0.29, 0.717) is 24.7 Å². The molecule has 0 radical (unpaired) electrons. The van der Waals surface area contributed by atoms with E-state index in [0.717, 1.165) is 5.57 Å². The highest BCUT2D eigenvalue weighted by Gasteiger charge is 2.42. The third kappa shape index (κ3) is 2.89. The number of carbonyl (C=O) groups is 2. The van der Waals surface area contributed by atoms with E-state index in [-0.39, 0.29) is 18.6 Å². The van der Waals surface area contributed by atoms with Crippen LogP contribution in [0.2, 0.25) is 0 Å². The van der Waals surface area contributed by atoms with E-state index in [1.54, 1.807) is 12.2 Å². The number of hydrogen-bond donors (Lipinski definition) is 2. The van der Waals surface area contributed by atoms with E-state index in [2.05, 4.69) is 6.58 Å². The summed E-state index contributed by atoms with van der Waals surface area (Å²) in [4.78, 5) is 22.6. The topological polar surface area (TPSA) is 83.8 Å². The summed E-state index contributed by atoms with van der Waals surface area (Å²) in [5.74, 6) is -1.12. The quantitative estimate of drug-likeness (QED) is 0.336. The van der Waals surface area contributed by atoms with Crippen LogP contribution < -0.4 is 0 Å². The highest BCUT2D eigenvalue weighted by molar-refractivity contribution is 5.91. The normalized spacial score (nSPS) is 36.2. The number of esters is 1. The molecule has 0 saturated carbocycles. The van der Waals surface area contributed by atoms with Gasteiger partial charge >= 0.3 is 5.97 Å². The number of fused-ring (bicyclic) bond motifs is 1. The molecule has 0 aromatic carbocycles. The Balaban J connectivity index is 2.36. The number of aliphatic hydroxyl groups is 2. The molecule has 1 heterocycles. The average molecular weight is 278 g/mol. The van der Waals surface area contributed by atoms with Gasteiger partial charge in [0.25, 0.3) is 0 Å². The summed E-state index contributed by atoms with van der Waals surface area (Å²) in [6.07, 6.45) is 3.95. The average Bonchev–Trinajstić information content (AvgIpc) is 2.71. The number of aliphatic hydroxyl groups excluding tert-OH is 2. The third-order valence-electron chi connectivity index (χ3n) is 3.75. The standard InChI is InChI=1S/C15H18O5/c1-9-14-12(18)5-10(7-16)3-2-4-11(8-17)6-13(14)20-15(9)19/h3,6-7,12-14,17-18H,1-2,4-5,8H2/b10-3+,11-6+/t12-,13+,14+/m1/s1. The Hall–Kier alpha value is -1.72. The van der Waals surface area contributed by atoms with Gasteiger partial charge in [0.2, 0.25) is 0 Å². The molecule has 1 aliphatic heterocycles. The fourth-order valence-corrected chi connectivity index (χ4v) is 2.63. The lowest BCUT2D eigenvalue weighted by molar-refractivity contribution is -0.137. The van der Waals surface area contributed by atoms with E-state index in [4.69, 9.17) is 4.74 Å². The first-order chi connectivity index (χ1) is 9.56. The van der Waals surface area contributed by atoms with Gasteiger partial charge in [-0.3, -0.25) is 4.79 Å². The van der Waals surface area contributed by atoms with Crippen molar-refractivity contribution in [1.82, 2.24) is 0 Å². The first kappa shape index (κ1) is 14.7. The minimum absolute atomic E-state index is 0.145. The molecular formula is C15H18O5. The van der Waals surface area contributed by atoms with Crippen molar-refractivity contribution in [3.05, 3.63) is 35.5 Å². The minimum Gasteiger partial charge on any atom is -0.454 e. The molecule has 0 spiro atoms. The van der Waals surface area contributed by atoms with Crippen LogP contribution in [-0.4, -0.2) is 41.3 Å². The maximum absolute atomic E-state index is 11.6. The first-order valence-corrected chi connectivity index (χ1v) is 6.59. The van der Waals surface area contributed by atoms with Crippen LogP contribution in [0.25, 0.3) is 0 Å². The Morgan fingerprint density at radius 1 is 1.50 bits per heavy atom. The van der Waals surface area contributed by atoms with Crippen molar-refractivity contribution in [2.45, 2.75) is 31.5 Å². The Morgan fingerprint density at radius 2 is 2.25 bits per heavy atom. The Morgan fingerprint density at radius 3 is 2.90 bits per heavy atom. The highest BCUT2D eigenvalue weighted by Crippen LogP contribution is 2.34. The molecule has 0 aromatic rings. The van der Waals surface area contributed by atoms with Gasteiger partial charge in [0.15, 0.2) is 0 Å². The molecule has 0 unspecified atom stereocenters. The number of ether oxygens (including phenoxy) is 1. The van der Waals surface area contributed by atoms with Crippen molar-refractivity contribution in [3.63, 3.8) is 0 Å². The summed E-state index contributed by atoms with van der Waals surface area (Å²) in [5, 5.41) is 19.6. The van der Waals surface area contributed by atoms with Crippen molar-refractivity contribution in [1.29, 1.82) is 0 Å². The van der Waals surface area contributed by atoms with Gasteiger partial charge in [0, 0.05) is 12.0 Å². The van der Waals surface area contributed by atoms with E-state index in [9.17, 15) is 19.8 Å². The molecule has 3 atom stereocenters. The van der Waals surface area contributed by atoms with E-state index >= 15 is 0 Å². The van der Waals surface area contributed by atoms with Crippen molar-refractivity contribution in [2.24, 2.45) is 5.92 Å². The lowest BCUT2D eigenvalue weighted by atomic mass is 9.85. The number of hydrogen-bond acceptors (Lipinski definition) is 5. The molecule has 5 nitrogen and oxygen atoms in total. The molecule has 0 bridgehead atoms. The molecule has 1 fully saturated rings. The Bertz CT molecular complexity index is 488. The molecular weight excluding hydrogens is 260 g/mol. The smallest absolute Gasteiger partial charge is 0.334 e. The molecule has 1 aliphatic carbocycles. The molecule has 2 N–H and O–H groups in total. The minimum atomic E-state index is -0.912. The van der Waals surface area contributed by atoms with Crippen molar-refractivity contribution >= 4 is 12.3 Å². The van der Waals surface area contributed by atoms with Gasteiger partial charge in [0.05, 0.1) is 18.6 Å². The SMILES string of the molecule is C=C1C(=O)O[C@H]2/C=C(/CO)CC/C=C(/C=O)C[C@@H](O)[C@H]12. The molecule has 2 rings (SSSR count). The van der Waals surface area contributed by atoms with Gasteiger partial charge in [0.1, 0.15) is 12.4 Å². The maximum Gasteiger partial charge on any atom is 0.334 e. The van der Waals surface area contributed by atoms with E-state index < -0.39 is 24.1 Å². The van der Waals surface area contributed by atoms with Gasteiger partial charge in [-0.25, -0.2) is 4.79 Å². The van der Waals surface area contributed by atoms with Gasteiger partial charge in [-0.05, 0) is 30.1 Å². The number of carbonyl (C=O) groups excluding carboxylic acids is 2. The molecule has 0 amide bonds. The van der Waals surface area contributed by atoms with Crippen molar-refractivity contribution in [2.75, 3.05) is 6.61 Å². The number of rotatable bonds is 2. The molecule has 20 heavy (non-hydrogen) atoms. The summed E-state index contributed by atoms with van der Waals surface area (Å²) in [6, 6.07) is 0. The van der Waals surface area contributed by atoms with E-state index in [1.165, 1.54) is 0 Å². The predicted octanol–water partition coefficient (Wildman–Crippen LogP) is 0.673. The monoisotopic (exact) mass is 278 g/mol. The lowest BCUT2D eigenvalue weighted by Gasteiger charge is -2.22. The van der Waals surface area contributed by atoms with Gasteiger partial charge < -0.3 is 14.9 Å². The van der Waals surface area contributed by atoms with Crippen LogP contribution in [0, 0.1) is 5.92 Å². The van der Waals surface area contributed by atoms with Crippen molar-refractivity contribution < 1.29 is 24.5 Å². The lowest BCUT2D eigenvalue weighted by Crippen LogP contribution is -2.29. The molecule has 5 heteroatoms. The van der Waals surface area contributed by atoms with Crippen LogP contribution in [-0.2, 0) is 14.3 Å². The summed E-state index contributed by atoms with van der Waals surface area (Å²) in [6.45, 7) is 3.52. The summed E-state index contributed by atoms with van der Waals surface area (Å²) in [5.41, 5.74) is 1.42. The van der Waals surface area contributed by atoms with Crippen LogP contribution in [0.4, 0.5) is 0 Å². The Kier molecular flexibility index (Phi) is 4.52. The second-order valence-electron chi connectivity index (χ2n) is 5.11. The van der Waals surface area contributed by atoms with Crippen LogP contribution >= 0.6 is 0 Å². The largest absolute Gasteiger partial charge is 0.454 e. The van der Waals surface area contributed by atoms with Crippen LogP contribution in [0.1, 0.15) is 19.3 Å². The maximum atomic E-state index is 11.6. The van der Waals surface area contributed by atoms with Gasteiger partial charge in [-0.1, -0.05) is 12.7 Å². The third-order valence-corrected chi connectivity index (χ3v) is 3.75. The van der Waals surface area contributed by atoms with Gasteiger partial charge in [-0.2, -0.15) is 0 Å². The van der Waals surface area contributed by atoms with Crippen LogP contribution in [0.15, 0.2) is 35.5 Å². The van der Waals surface area contributed by atoms with Crippen LogP contribution in [0.5, 0.6) is 0 Å². The Labute approximate surface area is 117 Å². The second kappa shape index (κ2) is 6.15. The highest BCUT2D eigenvalue weighted by atomic mass is 16.6. The first-order valence-electron chi connectivity index (χ1n) is 6.59. The number of allylic oxidation sites excluding steroid dienone is 1. The fraction of sp³-hybridized carbons (Fsp3) is 0.467. The molecule has 2 aliphatic rings. The summed E-state index contributed by atoms with van der Waals surface area (Å²) in [7, 11) is 0. The summed E-state index contributed by atoms with van der Waals surface area (Å²) < 4.78 is 5.19. The molecule has 0 aromatic heterocycles. The van der Waals surface area contributed by atoms with Gasteiger partial charge in [-0.15, -0.1) is 0 Å². The second-order valence-corrected chi connectivity index (χ2v) is 5.11. The molecule has 108 valence electrons. The summed E-state index contributed by atoms with van der Waals surface area (Å²) >= 11 is 0. The van der Waals surface area contributed by atoms with E-state index in [1.807, 2.05) is 0 Å². The predicted molar refractivity (Wildman–Crippen MR) is 71.7 cm³/mol. The van der Waals surface area contributed by atoms with Crippen LogP contribution in [0.3, 0.4) is 0 Å².